The van der Waals surface area contributed by atoms with E-state index in [0.717, 1.165) is 23.9 Å². The first-order valence-electron chi connectivity index (χ1n) is 9.92. The summed E-state index contributed by atoms with van der Waals surface area (Å²) in [5.41, 5.74) is 2.20. The monoisotopic (exact) mass is 427 g/mol. The second-order valence-corrected chi connectivity index (χ2v) is 6.87. The predicted molar refractivity (Wildman–Crippen MR) is 117 cm³/mol. The summed E-state index contributed by atoms with van der Waals surface area (Å²) in [5, 5.41) is 7.99. The van der Waals surface area contributed by atoms with Gasteiger partial charge in [-0.3, -0.25) is 9.48 Å². The lowest BCUT2D eigenvalue weighted by atomic mass is 10.2. The van der Waals surface area contributed by atoms with Crippen molar-refractivity contribution in [2.75, 3.05) is 18.5 Å². The van der Waals surface area contributed by atoms with Gasteiger partial charge >= 0.3 is 0 Å². The number of aryl methyl sites for hydroxylation is 2. The molecule has 1 amide bonds. The minimum atomic E-state index is -1.30. The van der Waals surface area contributed by atoms with Crippen molar-refractivity contribution in [1.82, 2.24) is 29.6 Å². The average Bonchev–Trinajstić information content (AvgIpc) is 3.38. The number of hydrogen-bond donors (Lipinski definition) is 2. The van der Waals surface area contributed by atoms with E-state index in [4.69, 9.17) is 4.74 Å². The number of hydrogen-bond acceptors (Lipinski definition) is 6. The average molecular weight is 427 g/mol. The Bertz CT molecular complexity index is 1080. The molecule has 164 valence electrons. The zero-order chi connectivity index (χ0) is 22.4. The molecule has 1 atom stereocenters. The molecule has 0 fully saturated rings. The lowest BCUT2D eigenvalue weighted by Gasteiger charge is -2.17. The van der Waals surface area contributed by atoms with Crippen molar-refractivity contribution in [2.45, 2.75) is 33.0 Å². The smallest absolute Gasteiger partial charge is 0.249 e. The summed E-state index contributed by atoms with van der Waals surface area (Å²) in [7, 11) is 0. The number of nitrogens with one attached hydrogen (secondary N) is 2. The van der Waals surface area contributed by atoms with Crippen LogP contribution in [0.5, 0.6) is 5.88 Å². The fraction of sp³-hybridized carbons (Fsp3) is 0.333. The van der Waals surface area contributed by atoms with Crippen LogP contribution in [0.2, 0.25) is 0 Å². The van der Waals surface area contributed by atoms with Crippen LogP contribution >= 0.6 is 0 Å². The number of alkyl halides is 1. The van der Waals surface area contributed by atoms with E-state index >= 15 is 0 Å². The zero-order valence-electron chi connectivity index (χ0n) is 17.6. The highest BCUT2D eigenvalue weighted by molar-refractivity contribution is 5.87. The Balaban J connectivity index is 1.71. The molecule has 0 aliphatic rings. The third-order valence-corrected chi connectivity index (χ3v) is 4.67. The second-order valence-electron chi connectivity index (χ2n) is 6.87. The van der Waals surface area contributed by atoms with Gasteiger partial charge in [0.2, 0.25) is 17.7 Å². The number of fused-ring (bicyclic) bond motifs is 1. The minimum absolute atomic E-state index is 0.0905. The minimum Gasteiger partial charge on any atom is -0.474 e. The molecule has 0 saturated heterocycles. The van der Waals surface area contributed by atoms with E-state index in [9.17, 15) is 9.18 Å². The Morgan fingerprint density at radius 2 is 2.26 bits per heavy atom. The van der Waals surface area contributed by atoms with Crippen molar-refractivity contribution in [3.05, 3.63) is 49.6 Å². The number of nitrogens with zero attached hydrogens (tertiary/aromatic N) is 5. The highest BCUT2D eigenvalue weighted by Gasteiger charge is 2.17. The number of aromatic nitrogens is 5. The van der Waals surface area contributed by atoms with E-state index in [0.29, 0.717) is 17.0 Å². The van der Waals surface area contributed by atoms with Crippen molar-refractivity contribution in [3.63, 3.8) is 0 Å². The van der Waals surface area contributed by atoms with Crippen LogP contribution < -0.4 is 10.1 Å². The molecule has 3 aromatic heterocycles. The van der Waals surface area contributed by atoms with Gasteiger partial charge in [-0.05, 0) is 38.1 Å². The van der Waals surface area contributed by atoms with Crippen molar-refractivity contribution in [1.29, 1.82) is 0 Å². The number of ether oxygens (including phenoxy) is 1. The molecule has 0 aromatic carbocycles. The molecule has 0 unspecified atom stereocenters. The van der Waals surface area contributed by atoms with E-state index in [-0.39, 0.29) is 31.4 Å². The fourth-order valence-electron chi connectivity index (χ4n) is 2.98. The van der Waals surface area contributed by atoms with Crippen molar-refractivity contribution in [3.8, 4) is 5.88 Å². The Labute approximate surface area is 179 Å². The van der Waals surface area contributed by atoms with E-state index in [1.807, 2.05) is 20.0 Å². The van der Waals surface area contributed by atoms with Gasteiger partial charge in [-0.25, -0.2) is 4.39 Å². The normalized spacial score (nSPS) is 11.8. The molecule has 10 heteroatoms. The van der Waals surface area contributed by atoms with Crippen LogP contribution in [0.15, 0.2) is 44.0 Å². The maximum Gasteiger partial charge on any atom is 0.249 e. The maximum atomic E-state index is 14.5. The summed E-state index contributed by atoms with van der Waals surface area (Å²) < 4.78 is 22.0. The summed E-state index contributed by atoms with van der Waals surface area (Å²) in [6.45, 7) is 11.6. The molecule has 0 spiro atoms. The number of halogens is 1. The molecule has 0 radical (unpaired) electrons. The second kappa shape index (κ2) is 9.88. The summed E-state index contributed by atoms with van der Waals surface area (Å²) in [6.07, 6.45) is 6.60. The van der Waals surface area contributed by atoms with Gasteiger partial charge in [0.25, 0.3) is 0 Å². The van der Waals surface area contributed by atoms with Crippen LogP contribution in [0.25, 0.3) is 11.0 Å². The topological polar surface area (TPSA) is 101 Å². The molecule has 0 bridgehead atoms. The number of amides is 1. The number of rotatable bonds is 11. The molecule has 9 nitrogen and oxygen atoms in total. The van der Waals surface area contributed by atoms with Crippen LogP contribution in [0.4, 0.5) is 16.0 Å². The number of carbonyl (C=O) groups is 1. The Morgan fingerprint density at radius 1 is 1.45 bits per heavy atom. The third kappa shape index (κ3) is 5.27. The van der Waals surface area contributed by atoms with E-state index in [1.165, 1.54) is 11.1 Å². The standard InChI is InChI=1S/C21H26FN7O2/c1-5-17(30)28(6-2)9-8-15(22)13-31-20-18-14(4)10-23-19(18)26-21(27-20)25-16-11-24-29(7-3)12-16/h5-6,10-12,15H,1-2,7-9,13H2,3-4H3,(H2,23,25,26,27)/t15-/m1/s1. The number of aromatic amines is 1. The van der Waals surface area contributed by atoms with Crippen LogP contribution in [0.1, 0.15) is 18.9 Å². The first kappa shape index (κ1) is 22.0. The van der Waals surface area contributed by atoms with Gasteiger partial charge < -0.3 is 19.9 Å². The van der Waals surface area contributed by atoms with Crippen molar-refractivity contribution in [2.24, 2.45) is 0 Å². The highest BCUT2D eigenvalue weighted by Crippen LogP contribution is 2.28. The molecule has 31 heavy (non-hydrogen) atoms. The molecule has 0 aliphatic heterocycles. The van der Waals surface area contributed by atoms with Crippen LogP contribution in [0, 0.1) is 6.92 Å². The largest absolute Gasteiger partial charge is 0.474 e. The quantitative estimate of drug-likeness (QED) is 0.454. The van der Waals surface area contributed by atoms with Crippen LogP contribution in [-0.4, -0.2) is 54.9 Å². The fourth-order valence-corrected chi connectivity index (χ4v) is 2.98. The number of H-pyrrole nitrogens is 1. The number of carbonyl (C=O) groups excluding carboxylic acids is 1. The predicted octanol–water partition coefficient (Wildman–Crippen LogP) is 3.49. The summed E-state index contributed by atoms with van der Waals surface area (Å²) >= 11 is 0. The van der Waals surface area contributed by atoms with Crippen molar-refractivity contribution >= 4 is 28.6 Å². The molecule has 0 saturated carbocycles. The lowest BCUT2D eigenvalue weighted by Crippen LogP contribution is -2.27. The van der Waals surface area contributed by atoms with Gasteiger partial charge in [0, 0.05) is 25.5 Å². The summed E-state index contributed by atoms with van der Waals surface area (Å²) in [5.74, 6) is 0.259. The van der Waals surface area contributed by atoms with Gasteiger partial charge in [0.15, 0.2) is 0 Å². The van der Waals surface area contributed by atoms with Gasteiger partial charge in [-0.1, -0.05) is 13.2 Å². The maximum absolute atomic E-state index is 14.5. The molecule has 3 aromatic rings. The molecular weight excluding hydrogens is 401 g/mol. The van der Waals surface area contributed by atoms with Gasteiger partial charge in [0.05, 0.1) is 17.3 Å². The molecular formula is C21H26FN7O2. The lowest BCUT2D eigenvalue weighted by molar-refractivity contribution is -0.123. The SMILES string of the molecule is C=CC(=O)N(C=C)CC[C@@H](F)COc1nc(Nc2cnn(CC)c2)nc2[nH]cc(C)c12. The van der Waals surface area contributed by atoms with E-state index < -0.39 is 6.17 Å². The van der Waals surface area contributed by atoms with Crippen LogP contribution in [0.3, 0.4) is 0 Å². The van der Waals surface area contributed by atoms with Crippen molar-refractivity contribution < 1.29 is 13.9 Å². The Hall–Kier alpha value is -3.69. The van der Waals surface area contributed by atoms with E-state index in [1.54, 1.807) is 17.1 Å². The highest BCUT2D eigenvalue weighted by atomic mass is 19.1. The molecule has 3 rings (SSSR count). The van der Waals surface area contributed by atoms with Gasteiger partial charge in [-0.15, -0.1) is 0 Å². The molecule has 3 heterocycles. The molecule has 2 N–H and O–H groups in total. The Kier molecular flexibility index (Phi) is 7.01. The molecule has 0 aliphatic carbocycles. The Morgan fingerprint density at radius 3 is 2.94 bits per heavy atom. The van der Waals surface area contributed by atoms with Gasteiger partial charge in [-0.2, -0.15) is 15.1 Å². The summed E-state index contributed by atoms with van der Waals surface area (Å²) in [6, 6.07) is 0. The summed E-state index contributed by atoms with van der Waals surface area (Å²) in [4.78, 5) is 24.9. The van der Waals surface area contributed by atoms with Gasteiger partial charge in [0.1, 0.15) is 18.4 Å². The van der Waals surface area contributed by atoms with Crippen LogP contribution in [-0.2, 0) is 11.3 Å². The first-order chi connectivity index (χ1) is 14.9. The van der Waals surface area contributed by atoms with E-state index in [2.05, 4.69) is 38.5 Å². The third-order valence-electron chi connectivity index (χ3n) is 4.67. The first-order valence-corrected chi connectivity index (χ1v) is 9.92. The zero-order valence-corrected chi connectivity index (χ0v) is 17.6. The number of anilines is 2.